The highest BCUT2D eigenvalue weighted by Gasteiger charge is 2.22. The molecule has 0 radical (unpaired) electrons. The highest BCUT2D eigenvalue weighted by molar-refractivity contribution is 6.12. The number of hydrogen-bond donors (Lipinski definition) is 2. The summed E-state index contributed by atoms with van der Waals surface area (Å²) in [7, 11) is 0. The average molecular weight is 343 g/mol. The molecule has 136 valence electrons. The Labute approximate surface area is 140 Å². The van der Waals surface area contributed by atoms with Crippen LogP contribution in [0.1, 0.15) is 6.42 Å². The van der Waals surface area contributed by atoms with E-state index in [4.69, 9.17) is 25.7 Å². The van der Waals surface area contributed by atoms with Gasteiger partial charge in [0.05, 0.1) is 52.1 Å². The third-order valence-electron chi connectivity index (χ3n) is 3.34. The molecule has 0 saturated heterocycles. The molecule has 4 N–H and O–H groups in total. The minimum absolute atomic E-state index is 0.226. The minimum atomic E-state index is -0.417. The predicted octanol–water partition coefficient (Wildman–Crippen LogP) is -1.59. The fraction of sp³-hybridized carbons (Fsp3) is 0.667. The van der Waals surface area contributed by atoms with Crippen LogP contribution in [0.4, 0.5) is 0 Å². The van der Waals surface area contributed by atoms with Crippen molar-refractivity contribution in [1.82, 2.24) is 4.90 Å². The van der Waals surface area contributed by atoms with Gasteiger partial charge in [-0.05, 0) is 13.0 Å². The van der Waals surface area contributed by atoms with Crippen molar-refractivity contribution in [3.05, 3.63) is 12.2 Å². The number of nitrogens with two attached hydrogens (primary N) is 2. The van der Waals surface area contributed by atoms with Gasteiger partial charge in [-0.1, -0.05) is 0 Å². The molecule has 0 saturated carbocycles. The average Bonchev–Trinajstić information content (AvgIpc) is 2.86. The summed E-state index contributed by atoms with van der Waals surface area (Å²) in [5.74, 6) is -1.43. The van der Waals surface area contributed by atoms with Gasteiger partial charge >= 0.3 is 0 Å². The second-order valence-electron chi connectivity index (χ2n) is 5.14. The Balaban J connectivity index is 1.91. The first-order valence-corrected chi connectivity index (χ1v) is 7.82. The van der Waals surface area contributed by atoms with Crippen LogP contribution >= 0.6 is 0 Å². The van der Waals surface area contributed by atoms with E-state index < -0.39 is 5.91 Å². The Morgan fingerprint density at radius 1 is 1.00 bits per heavy atom. The van der Waals surface area contributed by atoms with E-state index in [0.717, 1.165) is 4.90 Å². The molecule has 0 aliphatic carbocycles. The first-order chi connectivity index (χ1) is 11.6. The van der Waals surface area contributed by atoms with Crippen molar-refractivity contribution < 1.29 is 28.6 Å². The molecule has 0 spiro atoms. The number of carbonyl (C=O) groups excluding carboxylic acids is 3. The number of imide groups is 1. The molecule has 0 aromatic carbocycles. The Hall–Kier alpha value is -1.81. The third kappa shape index (κ3) is 7.64. The summed E-state index contributed by atoms with van der Waals surface area (Å²) in [5.41, 5.74) is 10.6. The van der Waals surface area contributed by atoms with Crippen molar-refractivity contribution in [3.63, 3.8) is 0 Å². The molecule has 0 aromatic heterocycles. The zero-order valence-corrected chi connectivity index (χ0v) is 13.6. The molecule has 0 fully saturated rings. The molecule has 9 nitrogen and oxygen atoms in total. The number of rotatable bonds is 14. The normalized spacial score (nSPS) is 15.3. The molecule has 1 aliphatic rings. The summed E-state index contributed by atoms with van der Waals surface area (Å²) >= 11 is 0. The zero-order valence-electron chi connectivity index (χ0n) is 13.6. The van der Waals surface area contributed by atoms with Crippen molar-refractivity contribution in [2.24, 2.45) is 17.4 Å². The van der Waals surface area contributed by atoms with E-state index in [2.05, 4.69) is 0 Å². The van der Waals surface area contributed by atoms with E-state index >= 15 is 0 Å². The van der Waals surface area contributed by atoms with Crippen LogP contribution in [0.25, 0.3) is 0 Å². The predicted molar refractivity (Wildman–Crippen MR) is 84.7 cm³/mol. The molecular formula is C15H25N3O6. The van der Waals surface area contributed by atoms with Crippen molar-refractivity contribution in [3.8, 4) is 0 Å². The van der Waals surface area contributed by atoms with E-state index in [9.17, 15) is 14.4 Å². The highest BCUT2D eigenvalue weighted by Crippen LogP contribution is 2.03. The Bertz CT molecular complexity index is 436. The van der Waals surface area contributed by atoms with Crippen LogP contribution in [0.3, 0.4) is 0 Å². The molecule has 9 heteroatoms. The standard InChI is InChI=1S/C15H25N3O6/c16-4-3-12(15(17)21)11-24-10-9-23-8-7-22-6-5-18-13(19)1-2-14(18)20/h1-2,12H,3-11,16H2,(H2,17,21). The summed E-state index contributed by atoms with van der Waals surface area (Å²) in [4.78, 5) is 34.7. The van der Waals surface area contributed by atoms with Crippen LogP contribution in [0.5, 0.6) is 0 Å². The van der Waals surface area contributed by atoms with Crippen LogP contribution < -0.4 is 11.5 Å². The quantitative estimate of drug-likeness (QED) is 0.287. The first kappa shape index (κ1) is 20.2. The Morgan fingerprint density at radius 2 is 1.54 bits per heavy atom. The van der Waals surface area contributed by atoms with Gasteiger partial charge in [0.2, 0.25) is 5.91 Å². The molecule has 0 bridgehead atoms. The summed E-state index contributed by atoms with van der Waals surface area (Å²) in [6.45, 7) is 2.53. The van der Waals surface area contributed by atoms with Crippen LogP contribution in [0, 0.1) is 5.92 Å². The maximum atomic E-state index is 11.3. The van der Waals surface area contributed by atoms with Crippen molar-refractivity contribution >= 4 is 17.7 Å². The van der Waals surface area contributed by atoms with E-state index in [-0.39, 0.29) is 37.5 Å². The van der Waals surface area contributed by atoms with Crippen molar-refractivity contribution in [2.45, 2.75) is 6.42 Å². The SMILES string of the molecule is NCCC(COCCOCCOCCN1C(=O)C=CC1=O)C(N)=O. The largest absolute Gasteiger partial charge is 0.378 e. The van der Waals surface area contributed by atoms with E-state index in [0.29, 0.717) is 39.4 Å². The minimum Gasteiger partial charge on any atom is -0.378 e. The molecule has 24 heavy (non-hydrogen) atoms. The van der Waals surface area contributed by atoms with Crippen LogP contribution in [-0.2, 0) is 28.6 Å². The summed E-state index contributed by atoms with van der Waals surface area (Å²) in [6.07, 6.45) is 2.98. The molecule has 1 rings (SSSR count). The van der Waals surface area contributed by atoms with Crippen molar-refractivity contribution in [2.75, 3.05) is 52.7 Å². The number of ether oxygens (including phenoxy) is 3. The summed E-state index contributed by atoms with van der Waals surface area (Å²) in [6, 6.07) is 0. The smallest absolute Gasteiger partial charge is 0.253 e. The van der Waals surface area contributed by atoms with Gasteiger partial charge in [-0.15, -0.1) is 0 Å². The first-order valence-electron chi connectivity index (χ1n) is 7.82. The highest BCUT2D eigenvalue weighted by atomic mass is 16.5. The monoisotopic (exact) mass is 343 g/mol. The zero-order chi connectivity index (χ0) is 17.8. The fourth-order valence-electron chi connectivity index (χ4n) is 1.98. The maximum absolute atomic E-state index is 11.3. The van der Waals surface area contributed by atoms with Gasteiger partial charge < -0.3 is 25.7 Å². The molecule has 3 amide bonds. The molecule has 1 heterocycles. The summed E-state index contributed by atoms with van der Waals surface area (Å²) < 4.78 is 15.9. The van der Waals surface area contributed by atoms with E-state index in [1.165, 1.54) is 12.2 Å². The molecule has 0 aromatic rings. The lowest BCUT2D eigenvalue weighted by Gasteiger charge is -2.14. The number of amides is 3. The number of primary amides is 1. The van der Waals surface area contributed by atoms with Gasteiger partial charge in [0, 0.05) is 12.2 Å². The fourth-order valence-corrected chi connectivity index (χ4v) is 1.98. The van der Waals surface area contributed by atoms with Gasteiger partial charge in [-0.2, -0.15) is 0 Å². The molecular weight excluding hydrogens is 318 g/mol. The number of carbonyl (C=O) groups is 3. The molecule has 1 unspecified atom stereocenters. The number of nitrogens with zero attached hydrogens (tertiary/aromatic N) is 1. The van der Waals surface area contributed by atoms with Gasteiger partial charge in [0.15, 0.2) is 0 Å². The molecule has 1 atom stereocenters. The maximum Gasteiger partial charge on any atom is 0.253 e. The van der Waals surface area contributed by atoms with Crippen LogP contribution in [0.15, 0.2) is 12.2 Å². The lowest BCUT2D eigenvalue weighted by Crippen LogP contribution is -2.33. The van der Waals surface area contributed by atoms with E-state index in [1.807, 2.05) is 0 Å². The summed E-state index contributed by atoms with van der Waals surface area (Å²) in [5, 5.41) is 0. The van der Waals surface area contributed by atoms with Crippen LogP contribution in [-0.4, -0.2) is 75.4 Å². The second-order valence-corrected chi connectivity index (χ2v) is 5.14. The van der Waals surface area contributed by atoms with Crippen molar-refractivity contribution in [1.29, 1.82) is 0 Å². The number of hydrogen-bond acceptors (Lipinski definition) is 7. The second kappa shape index (κ2) is 11.7. The Morgan fingerprint density at radius 3 is 2.08 bits per heavy atom. The lowest BCUT2D eigenvalue weighted by atomic mass is 10.1. The Kier molecular flexibility index (Phi) is 9.85. The topological polar surface area (TPSA) is 134 Å². The van der Waals surface area contributed by atoms with Gasteiger partial charge in [-0.3, -0.25) is 19.3 Å². The lowest BCUT2D eigenvalue weighted by molar-refractivity contribution is -0.137. The van der Waals surface area contributed by atoms with Crippen LogP contribution in [0.2, 0.25) is 0 Å². The van der Waals surface area contributed by atoms with Gasteiger partial charge in [-0.25, -0.2) is 0 Å². The third-order valence-corrected chi connectivity index (χ3v) is 3.34. The van der Waals surface area contributed by atoms with Gasteiger partial charge in [0.25, 0.3) is 11.8 Å². The van der Waals surface area contributed by atoms with Gasteiger partial charge in [0.1, 0.15) is 0 Å². The molecule has 1 aliphatic heterocycles. The van der Waals surface area contributed by atoms with E-state index in [1.54, 1.807) is 0 Å².